The molecule has 4 aromatic rings. The van der Waals surface area contributed by atoms with Crippen LogP contribution in [-0.2, 0) is 13.6 Å². The molecule has 28 heavy (non-hydrogen) atoms. The molecule has 0 radical (unpaired) electrons. The number of amides is 1. The highest BCUT2D eigenvalue weighted by Crippen LogP contribution is 2.34. The fraction of sp³-hybridized carbons (Fsp3) is 0.263. The van der Waals surface area contributed by atoms with Gasteiger partial charge < -0.3 is 4.74 Å². The number of fused-ring (bicyclic) bond motifs is 1. The van der Waals surface area contributed by atoms with Crippen LogP contribution < -0.4 is 9.64 Å². The van der Waals surface area contributed by atoms with Crippen molar-refractivity contribution >= 4 is 32.6 Å². The van der Waals surface area contributed by atoms with E-state index >= 15 is 0 Å². The molecule has 0 aliphatic heterocycles. The summed E-state index contributed by atoms with van der Waals surface area (Å²) in [6.07, 6.45) is 5.34. The number of ether oxygens (including phenoxy) is 1. The summed E-state index contributed by atoms with van der Waals surface area (Å²) in [7, 11) is 1.79. The lowest BCUT2D eigenvalue weighted by atomic mass is 10.3. The Morgan fingerprint density at radius 2 is 2.14 bits per heavy atom. The second kappa shape index (κ2) is 7.81. The maximum Gasteiger partial charge on any atom is 0.280 e. The van der Waals surface area contributed by atoms with Crippen molar-refractivity contribution in [1.82, 2.24) is 24.5 Å². The summed E-state index contributed by atoms with van der Waals surface area (Å²) >= 11 is 1.46. The summed E-state index contributed by atoms with van der Waals surface area (Å²) in [5.41, 5.74) is 1.15. The molecule has 8 nitrogen and oxygen atoms in total. The van der Waals surface area contributed by atoms with Crippen LogP contribution in [0.15, 0.2) is 48.9 Å². The van der Waals surface area contributed by atoms with Gasteiger partial charge in [-0.1, -0.05) is 17.4 Å². The van der Waals surface area contributed by atoms with Crippen LogP contribution in [0, 0.1) is 0 Å². The largest absolute Gasteiger partial charge is 0.492 e. The molecule has 3 heterocycles. The van der Waals surface area contributed by atoms with E-state index in [0.717, 1.165) is 16.0 Å². The Kier molecular flexibility index (Phi) is 5.07. The molecular weight excluding hydrogens is 376 g/mol. The second-order valence-corrected chi connectivity index (χ2v) is 7.14. The number of rotatable bonds is 7. The van der Waals surface area contributed by atoms with Gasteiger partial charge >= 0.3 is 0 Å². The summed E-state index contributed by atoms with van der Waals surface area (Å²) in [6, 6.07) is 9.38. The standard InChI is InChI=1S/C19H20N6O2S/c1-3-27-15-6-4-7-16-17(15)21-19(28-16)25(13-12-24-10-5-9-20-24)18(26)14-8-11-23(2)22-14/h4-11H,3,12-13H2,1-2H3. The summed E-state index contributed by atoms with van der Waals surface area (Å²) in [5, 5.41) is 9.10. The fourth-order valence-corrected chi connectivity index (χ4v) is 3.89. The summed E-state index contributed by atoms with van der Waals surface area (Å²) < 4.78 is 10.1. The topological polar surface area (TPSA) is 78.1 Å². The fourth-order valence-electron chi connectivity index (χ4n) is 2.89. The molecule has 0 spiro atoms. The smallest absolute Gasteiger partial charge is 0.280 e. The van der Waals surface area contributed by atoms with Gasteiger partial charge in [-0.2, -0.15) is 10.2 Å². The normalized spacial score (nSPS) is 11.1. The van der Waals surface area contributed by atoms with Gasteiger partial charge in [0, 0.05) is 32.2 Å². The molecule has 9 heteroatoms. The molecule has 0 N–H and O–H groups in total. The number of aryl methyl sites for hydroxylation is 1. The van der Waals surface area contributed by atoms with E-state index in [-0.39, 0.29) is 5.91 Å². The third kappa shape index (κ3) is 3.61. The van der Waals surface area contributed by atoms with Crippen LogP contribution in [0.25, 0.3) is 10.2 Å². The third-order valence-corrected chi connectivity index (χ3v) is 5.23. The number of carbonyl (C=O) groups excluding carboxylic acids is 1. The Hall–Kier alpha value is -3.20. The van der Waals surface area contributed by atoms with Crippen molar-refractivity contribution in [1.29, 1.82) is 0 Å². The van der Waals surface area contributed by atoms with Gasteiger partial charge in [0.25, 0.3) is 5.91 Å². The number of hydrogen-bond donors (Lipinski definition) is 0. The van der Waals surface area contributed by atoms with Crippen molar-refractivity contribution < 1.29 is 9.53 Å². The van der Waals surface area contributed by atoms with E-state index in [0.29, 0.717) is 30.5 Å². The van der Waals surface area contributed by atoms with Crippen LogP contribution in [0.1, 0.15) is 17.4 Å². The lowest BCUT2D eigenvalue weighted by Gasteiger charge is -2.18. The Morgan fingerprint density at radius 3 is 2.86 bits per heavy atom. The number of nitrogens with zero attached hydrogens (tertiary/aromatic N) is 6. The Bertz CT molecular complexity index is 1090. The number of aromatic nitrogens is 5. The number of thiazole rings is 1. The lowest BCUT2D eigenvalue weighted by Crippen LogP contribution is -2.34. The van der Waals surface area contributed by atoms with Gasteiger partial charge in [0.15, 0.2) is 10.8 Å². The number of carbonyl (C=O) groups is 1. The van der Waals surface area contributed by atoms with Gasteiger partial charge in [-0.25, -0.2) is 4.98 Å². The second-order valence-electron chi connectivity index (χ2n) is 6.13. The molecule has 0 saturated heterocycles. The van der Waals surface area contributed by atoms with Gasteiger partial charge in [0.2, 0.25) is 0 Å². The maximum absolute atomic E-state index is 13.2. The molecule has 0 fully saturated rings. The lowest BCUT2D eigenvalue weighted by molar-refractivity contribution is 0.0980. The van der Waals surface area contributed by atoms with Crippen LogP contribution >= 0.6 is 11.3 Å². The summed E-state index contributed by atoms with van der Waals surface area (Å²) in [6.45, 7) is 3.48. The zero-order valence-electron chi connectivity index (χ0n) is 15.6. The highest BCUT2D eigenvalue weighted by Gasteiger charge is 2.24. The van der Waals surface area contributed by atoms with Crippen molar-refractivity contribution in [3.8, 4) is 5.75 Å². The quantitative estimate of drug-likeness (QED) is 0.480. The molecule has 0 aliphatic carbocycles. The minimum absolute atomic E-state index is 0.190. The monoisotopic (exact) mass is 396 g/mol. The van der Waals surface area contributed by atoms with Crippen LogP contribution in [0.2, 0.25) is 0 Å². The highest BCUT2D eigenvalue weighted by molar-refractivity contribution is 7.22. The molecule has 1 aromatic carbocycles. The van der Waals surface area contributed by atoms with Crippen LogP contribution in [0.5, 0.6) is 5.75 Å². The van der Waals surface area contributed by atoms with E-state index in [1.54, 1.807) is 39.8 Å². The van der Waals surface area contributed by atoms with Crippen molar-refractivity contribution in [3.63, 3.8) is 0 Å². The average Bonchev–Trinajstić information content (AvgIpc) is 3.42. The van der Waals surface area contributed by atoms with Crippen molar-refractivity contribution in [2.24, 2.45) is 7.05 Å². The zero-order chi connectivity index (χ0) is 19.5. The Labute approximate surface area is 166 Å². The van der Waals surface area contributed by atoms with Crippen LogP contribution in [-0.4, -0.2) is 43.6 Å². The minimum Gasteiger partial charge on any atom is -0.492 e. The molecular formula is C19H20N6O2S. The van der Waals surface area contributed by atoms with Crippen molar-refractivity contribution in [2.45, 2.75) is 13.5 Å². The van der Waals surface area contributed by atoms with Gasteiger partial charge in [0.05, 0.1) is 17.9 Å². The first-order chi connectivity index (χ1) is 13.7. The molecule has 3 aromatic heterocycles. The summed E-state index contributed by atoms with van der Waals surface area (Å²) in [5.74, 6) is 0.532. The van der Waals surface area contributed by atoms with Crippen molar-refractivity contribution in [2.75, 3.05) is 18.1 Å². The van der Waals surface area contributed by atoms with E-state index in [2.05, 4.69) is 10.2 Å². The first-order valence-corrected chi connectivity index (χ1v) is 9.78. The van der Waals surface area contributed by atoms with E-state index in [4.69, 9.17) is 9.72 Å². The predicted octanol–water partition coefficient (Wildman–Crippen LogP) is 2.97. The van der Waals surface area contributed by atoms with E-state index in [9.17, 15) is 4.79 Å². The SMILES string of the molecule is CCOc1cccc2sc(N(CCn3cccn3)C(=O)c3ccn(C)n3)nc12. The first kappa shape index (κ1) is 18.2. The van der Waals surface area contributed by atoms with Crippen LogP contribution in [0.4, 0.5) is 5.13 Å². The predicted molar refractivity (Wildman–Crippen MR) is 108 cm³/mol. The minimum atomic E-state index is -0.190. The molecule has 144 valence electrons. The number of hydrogen-bond acceptors (Lipinski definition) is 6. The zero-order valence-corrected chi connectivity index (χ0v) is 16.5. The third-order valence-electron chi connectivity index (χ3n) is 4.19. The average molecular weight is 396 g/mol. The molecule has 0 saturated carbocycles. The van der Waals surface area contributed by atoms with Gasteiger partial charge in [-0.3, -0.25) is 19.1 Å². The molecule has 0 unspecified atom stereocenters. The Morgan fingerprint density at radius 1 is 1.25 bits per heavy atom. The number of benzene rings is 1. The highest BCUT2D eigenvalue weighted by atomic mass is 32.1. The van der Waals surface area contributed by atoms with Crippen LogP contribution in [0.3, 0.4) is 0 Å². The number of para-hydroxylation sites is 1. The van der Waals surface area contributed by atoms with E-state index in [1.165, 1.54) is 11.3 Å². The molecule has 1 amide bonds. The molecule has 0 bridgehead atoms. The van der Waals surface area contributed by atoms with Gasteiger partial charge in [-0.15, -0.1) is 0 Å². The molecule has 4 rings (SSSR count). The molecule has 0 aliphatic rings. The van der Waals surface area contributed by atoms with Gasteiger partial charge in [-0.05, 0) is 31.2 Å². The van der Waals surface area contributed by atoms with E-state index < -0.39 is 0 Å². The number of anilines is 1. The van der Waals surface area contributed by atoms with Crippen molar-refractivity contribution in [3.05, 3.63) is 54.6 Å². The first-order valence-electron chi connectivity index (χ1n) is 8.97. The molecule has 0 atom stereocenters. The summed E-state index contributed by atoms with van der Waals surface area (Å²) in [4.78, 5) is 19.5. The Balaban J connectivity index is 1.70. The van der Waals surface area contributed by atoms with E-state index in [1.807, 2.05) is 37.4 Å². The maximum atomic E-state index is 13.2. The van der Waals surface area contributed by atoms with Gasteiger partial charge in [0.1, 0.15) is 11.3 Å².